The summed E-state index contributed by atoms with van der Waals surface area (Å²) in [4.78, 5) is 27.0. The number of benzene rings is 1. The molecule has 1 heterocycles. The molecule has 0 aliphatic rings. The number of anilines is 1. The molecule has 1 aromatic carbocycles. The number of rotatable bonds is 2. The second kappa shape index (κ2) is 4.62. The number of nitrogens with zero attached hydrogens (tertiary/aromatic N) is 1. The minimum atomic E-state index is -0.976. The maximum atomic E-state index is 11.8. The Hall–Kier alpha value is -1.95. The van der Waals surface area contributed by atoms with Crippen LogP contribution in [0.1, 0.15) is 31.1 Å². The summed E-state index contributed by atoms with van der Waals surface area (Å²) >= 11 is 1.27. The zero-order chi connectivity index (χ0) is 14.2. The Kier molecular flexibility index (Phi) is 3.28. The summed E-state index contributed by atoms with van der Waals surface area (Å²) < 4.78 is 0.740. The maximum Gasteiger partial charge on any atom is 0.335 e. The third-order valence-electron chi connectivity index (χ3n) is 2.54. The summed E-state index contributed by atoms with van der Waals surface area (Å²) in [5.74, 6) is -1.10. The summed E-state index contributed by atoms with van der Waals surface area (Å²) in [7, 11) is 0. The highest BCUT2D eigenvalue weighted by atomic mass is 32.1. The lowest BCUT2D eigenvalue weighted by molar-refractivity contribution is -0.123. The van der Waals surface area contributed by atoms with E-state index in [1.54, 1.807) is 12.1 Å². The predicted octanol–water partition coefficient (Wildman–Crippen LogP) is 2.98. The molecule has 0 spiro atoms. The lowest BCUT2D eigenvalue weighted by Crippen LogP contribution is -2.27. The maximum absolute atomic E-state index is 11.8. The first kappa shape index (κ1) is 13.5. The molecule has 19 heavy (non-hydrogen) atoms. The van der Waals surface area contributed by atoms with Crippen LogP contribution in [0.2, 0.25) is 0 Å². The smallest absolute Gasteiger partial charge is 0.335 e. The van der Waals surface area contributed by atoms with Crippen LogP contribution in [-0.4, -0.2) is 22.0 Å². The van der Waals surface area contributed by atoms with Gasteiger partial charge in [0.1, 0.15) is 0 Å². The van der Waals surface area contributed by atoms with Crippen molar-refractivity contribution in [2.24, 2.45) is 5.41 Å². The van der Waals surface area contributed by atoms with E-state index >= 15 is 0 Å². The molecular weight excluding hydrogens is 264 g/mol. The average molecular weight is 278 g/mol. The number of carbonyl (C=O) groups is 2. The molecule has 5 nitrogen and oxygen atoms in total. The van der Waals surface area contributed by atoms with Crippen molar-refractivity contribution >= 4 is 38.6 Å². The van der Waals surface area contributed by atoms with Crippen molar-refractivity contribution in [3.05, 3.63) is 23.8 Å². The number of carboxylic acid groups (broad SMARTS) is 1. The molecule has 1 aromatic heterocycles. The van der Waals surface area contributed by atoms with Gasteiger partial charge in [0.25, 0.3) is 0 Å². The molecule has 0 unspecified atom stereocenters. The molecule has 0 atom stereocenters. The number of thiazole rings is 1. The standard InChI is InChI=1S/C13H14N2O3S/c1-13(2,3)11(18)15-12-14-8-5-4-7(10(16)17)6-9(8)19-12/h4-6H,1-3H3,(H,16,17)(H,14,15,18). The normalized spacial score (nSPS) is 11.5. The summed E-state index contributed by atoms with van der Waals surface area (Å²) in [6, 6.07) is 4.70. The van der Waals surface area contributed by atoms with E-state index in [-0.39, 0.29) is 11.5 Å². The van der Waals surface area contributed by atoms with Crippen molar-refractivity contribution in [3.8, 4) is 0 Å². The van der Waals surface area contributed by atoms with Crippen molar-refractivity contribution in [2.75, 3.05) is 5.32 Å². The van der Waals surface area contributed by atoms with Crippen LogP contribution in [0.15, 0.2) is 18.2 Å². The highest BCUT2D eigenvalue weighted by Crippen LogP contribution is 2.28. The quantitative estimate of drug-likeness (QED) is 0.885. The Morgan fingerprint density at radius 1 is 1.32 bits per heavy atom. The van der Waals surface area contributed by atoms with Gasteiger partial charge in [0.05, 0.1) is 15.8 Å². The van der Waals surface area contributed by atoms with Gasteiger partial charge >= 0.3 is 5.97 Å². The molecule has 0 aliphatic carbocycles. The van der Waals surface area contributed by atoms with Crippen LogP contribution in [-0.2, 0) is 4.79 Å². The molecule has 0 fully saturated rings. The molecule has 100 valence electrons. The number of fused-ring (bicyclic) bond motifs is 1. The first-order chi connectivity index (χ1) is 8.77. The molecule has 2 rings (SSSR count). The van der Waals surface area contributed by atoms with Crippen molar-refractivity contribution in [3.63, 3.8) is 0 Å². The Labute approximate surface area is 114 Å². The second-order valence-corrected chi connectivity index (χ2v) is 6.24. The number of aromatic carboxylic acids is 1. The SMILES string of the molecule is CC(C)(C)C(=O)Nc1nc2ccc(C(=O)O)cc2s1. The van der Waals surface area contributed by atoms with E-state index in [4.69, 9.17) is 5.11 Å². The number of carbonyl (C=O) groups excluding carboxylic acids is 1. The summed E-state index contributed by atoms with van der Waals surface area (Å²) in [6.45, 7) is 5.45. The molecule has 1 amide bonds. The minimum absolute atomic E-state index is 0.120. The number of hydrogen-bond acceptors (Lipinski definition) is 4. The lowest BCUT2D eigenvalue weighted by atomic mass is 9.96. The molecule has 0 saturated carbocycles. The molecule has 0 radical (unpaired) electrons. The number of aromatic nitrogens is 1. The monoisotopic (exact) mass is 278 g/mol. The second-order valence-electron chi connectivity index (χ2n) is 5.21. The molecule has 6 heteroatoms. The Morgan fingerprint density at radius 3 is 2.58 bits per heavy atom. The molecule has 0 aliphatic heterocycles. The van der Waals surface area contributed by atoms with Crippen LogP contribution in [0, 0.1) is 5.41 Å². The zero-order valence-corrected chi connectivity index (χ0v) is 11.7. The van der Waals surface area contributed by atoms with E-state index in [0.717, 1.165) is 4.70 Å². The fraction of sp³-hybridized carbons (Fsp3) is 0.308. The van der Waals surface area contributed by atoms with E-state index in [1.165, 1.54) is 17.4 Å². The van der Waals surface area contributed by atoms with Gasteiger partial charge in [-0.15, -0.1) is 0 Å². The lowest BCUT2D eigenvalue weighted by Gasteiger charge is -2.15. The van der Waals surface area contributed by atoms with E-state index in [0.29, 0.717) is 10.6 Å². The summed E-state index contributed by atoms with van der Waals surface area (Å²) in [5.41, 5.74) is 0.397. The predicted molar refractivity (Wildman–Crippen MR) is 74.7 cm³/mol. The van der Waals surface area contributed by atoms with Gasteiger partial charge < -0.3 is 10.4 Å². The largest absolute Gasteiger partial charge is 0.478 e. The van der Waals surface area contributed by atoms with Crippen LogP contribution in [0.4, 0.5) is 5.13 Å². The molecule has 2 aromatic rings. The van der Waals surface area contributed by atoms with Crippen molar-refractivity contribution < 1.29 is 14.7 Å². The van der Waals surface area contributed by atoms with Crippen LogP contribution in [0.5, 0.6) is 0 Å². The Morgan fingerprint density at radius 2 is 2.00 bits per heavy atom. The average Bonchev–Trinajstić information content (AvgIpc) is 2.68. The third kappa shape index (κ3) is 2.90. The number of amides is 1. The van der Waals surface area contributed by atoms with Gasteiger partial charge in [0.2, 0.25) is 5.91 Å². The fourth-order valence-electron chi connectivity index (χ4n) is 1.40. The van der Waals surface area contributed by atoms with Crippen LogP contribution in [0.3, 0.4) is 0 Å². The number of hydrogen-bond donors (Lipinski definition) is 2. The van der Waals surface area contributed by atoms with Gasteiger partial charge in [-0.05, 0) is 18.2 Å². The third-order valence-corrected chi connectivity index (χ3v) is 3.47. The van der Waals surface area contributed by atoms with Gasteiger partial charge in [-0.2, -0.15) is 0 Å². The summed E-state index contributed by atoms with van der Waals surface area (Å²) in [5, 5.41) is 12.1. The highest BCUT2D eigenvalue weighted by molar-refractivity contribution is 7.22. The molecule has 0 saturated heterocycles. The van der Waals surface area contributed by atoms with Crippen LogP contribution in [0.25, 0.3) is 10.2 Å². The first-order valence-electron chi connectivity index (χ1n) is 5.73. The first-order valence-corrected chi connectivity index (χ1v) is 6.54. The number of carboxylic acids is 1. The zero-order valence-electron chi connectivity index (χ0n) is 10.9. The van der Waals surface area contributed by atoms with E-state index < -0.39 is 11.4 Å². The van der Waals surface area contributed by atoms with Crippen LogP contribution < -0.4 is 5.32 Å². The van der Waals surface area contributed by atoms with E-state index in [9.17, 15) is 9.59 Å². The van der Waals surface area contributed by atoms with Gasteiger partial charge in [-0.1, -0.05) is 32.1 Å². The number of nitrogens with one attached hydrogen (secondary N) is 1. The van der Waals surface area contributed by atoms with Crippen molar-refractivity contribution in [1.82, 2.24) is 4.98 Å². The Bertz CT molecular complexity index is 655. The Balaban J connectivity index is 2.32. The van der Waals surface area contributed by atoms with E-state index in [2.05, 4.69) is 10.3 Å². The minimum Gasteiger partial charge on any atom is -0.478 e. The fourth-order valence-corrected chi connectivity index (χ4v) is 2.30. The summed E-state index contributed by atoms with van der Waals surface area (Å²) in [6.07, 6.45) is 0. The topological polar surface area (TPSA) is 79.3 Å². The molecule has 2 N–H and O–H groups in total. The van der Waals surface area contributed by atoms with Crippen molar-refractivity contribution in [2.45, 2.75) is 20.8 Å². The van der Waals surface area contributed by atoms with Gasteiger partial charge in [0, 0.05) is 5.41 Å². The van der Waals surface area contributed by atoms with Gasteiger partial charge in [-0.3, -0.25) is 4.79 Å². The van der Waals surface area contributed by atoms with Crippen molar-refractivity contribution in [1.29, 1.82) is 0 Å². The van der Waals surface area contributed by atoms with Gasteiger partial charge in [0.15, 0.2) is 5.13 Å². The highest BCUT2D eigenvalue weighted by Gasteiger charge is 2.22. The van der Waals surface area contributed by atoms with Crippen LogP contribution >= 0.6 is 11.3 Å². The van der Waals surface area contributed by atoms with Gasteiger partial charge in [-0.25, -0.2) is 9.78 Å². The molecule has 0 bridgehead atoms. The van der Waals surface area contributed by atoms with E-state index in [1.807, 2.05) is 20.8 Å². The molecular formula is C13H14N2O3S.